The van der Waals surface area contributed by atoms with Crippen molar-refractivity contribution in [3.63, 3.8) is 0 Å². The van der Waals surface area contributed by atoms with E-state index in [9.17, 15) is 0 Å². The highest BCUT2D eigenvalue weighted by atomic mass is 32.1. The summed E-state index contributed by atoms with van der Waals surface area (Å²) < 4.78 is 7.17. The van der Waals surface area contributed by atoms with E-state index < -0.39 is 0 Å². The average Bonchev–Trinajstić information content (AvgIpc) is 3.23. The summed E-state index contributed by atoms with van der Waals surface area (Å²) in [6.45, 7) is 4.27. The van der Waals surface area contributed by atoms with Crippen LogP contribution >= 0.6 is 11.3 Å². The molecule has 4 aromatic rings. The maximum atomic E-state index is 8.98. The van der Waals surface area contributed by atoms with Gasteiger partial charge in [0.2, 0.25) is 4.80 Å². The summed E-state index contributed by atoms with van der Waals surface area (Å²) in [6, 6.07) is 21.8. The highest BCUT2D eigenvalue weighted by Crippen LogP contribution is 2.27. The maximum absolute atomic E-state index is 8.98. The number of hydrogen-bond donors (Lipinski definition) is 0. The molecular formula is C25H20N4OS. The van der Waals surface area contributed by atoms with Crippen molar-refractivity contribution in [1.82, 2.24) is 4.68 Å². The molecule has 0 radical (unpaired) electrons. The number of nitrogens with zero attached hydrogens (tertiary/aromatic N) is 4. The topological polar surface area (TPSA) is 62.7 Å². The number of methoxy groups -OCH3 is 1. The van der Waals surface area contributed by atoms with Gasteiger partial charge < -0.3 is 4.74 Å². The molecule has 0 bridgehead atoms. The first-order valence-corrected chi connectivity index (χ1v) is 10.5. The minimum Gasteiger partial charge on any atom is -0.497 e. The van der Waals surface area contributed by atoms with Crippen LogP contribution in [0.25, 0.3) is 22.0 Å². The van der Waals surface area contributed by atoms with E-state index in [1.807, 2.05) is 28.9 Å². The molecule has 1 aromatic heterocycles. The Morgan fingerprint density at radius 1 is 1.10 bits per heavy atom. The van der Waals surface area contributed by atoms with Gasteiger partial charge in [-0.1, -0.05) is 36.4 Å². The van der Waals surface area contributed by atoms with Gasteiger partial charge in [-0.2, -0.15) is 10.4 Å². The van der Waals surface area contributed by atoms with Crippen LogP contribution in [0.15, 0.2) is 88.8 Å². The van der Waals surface area contributed by atoms with E-state index in [0.717, 1.165) is 38.1 Å². The van der Waals surface area contributed by atoms with Crippen molar-refractivity contribution < 1.29 is 4.74 Å². The van der Waals surface area contributed by atoms with E-state index in [2.05, 4.69) is 47.3 Å². The molecule has 3 aromatic carbocycles. The second-order valence-electron chi connectivity index (χ2n) is 6.75. The zero-order valence-corrected chi connectivity index (χ0v) is 17.8. The van der Waals surface area contributed by atoms with Crippen LogP contribution in [-0.4, -0.2) is 24.5 Å². The fraction of sp³-hybridized carbons (Fsp3) is 0.0800. The fourth-order valence-electron chi connectivity index (χ4n) is 3.14. The number of hydrogen-bond acceptors (Lipinski definition) is 5. The third-order valence-corrected chi connectivity index (χ3v) is 5.60. The van der Waals surface area contributed by atoms with Gasteiger partial charge in [0, 0.05) is 10.9 Å². The van der Waals surface area contributed by atoms with Crippen LogP contribution in [0.5, 0.6) is 5.75 Å². The first-order chi connectivity index (χ1) is 15.2. The predicted molar refractivity (Wildman–Crippen MR) is 127 cm³/mol. The highest BCUT2D eigenvalue weighted by molar-refractivity contribution is 7.07. The first kappa shape index (κ1) is 20.3. The summed E-state index contributed by atoms with van der Waals surface area (Å²) in [5, 5.41) is 18.0. The number of ether oxygens (including phenoxy) is 1. The number of benzene rings is 3. The average molecular weight is 425 g/mol. The van der Waals surface area contributed by atoms with Crippen LogP contribution in [0.3, 0.4) is 0 Å². The number of rotatable bonds is 6. The molecule has 0 saturated carbocycles. The largest absolute Gasteiger partial charge is 0.497 e. The lowest BCUT2D eigenvalue weighted by Crippen LogP contribution is -2.12. The number of thiazole rings is 1. The normalized spacial score (nSPS) is 11.7. The molecule has 1 heterocycles. The smallest absolute Gasteiger partial charge is 0.206 e. The minimum atomic E-state index is 0.518. The van der Waals surface area contributed by atoms with Crippen molar-refractivity contribution in [2.24, 2.45) is 10.1 Å². The molecule has 0 saturated heterocycles. The first-order valence-electron chi connectivity index (χ1n) is 9.66. The highest BCUT2D eigenvalue weighted by Gasteiger charge is 2.09. The molecule has 0 aliphatic heterocycles. The lowest BCUT2D eigenvalue weighted by molar-refractivity contribution is 0.415. The zero-order valence-electron chi connectivity index (χ0n) is 17.0. The number of fused-ring (bicyclic) bond motifs is 1. The molecule has 0 unspecified atom stereocenters. The van der Waals surface area contributed by atoms with E-state index >= 15 is 0 Å². The summed E-state index contributed by atoms with van der Waals surface area (Å²) in [7, 11) is 1.67. The van der Waals surface area contributed by atoms with Crippen LogP contribution in [-0.2, 0) is 0 Å². The molecule has 31 heavy (non-hydrogen) atoms. The third-order valence-electron chi connectivity index (χ3n) is 4.75. The van der Waals surface area contributed by atoms with Crippen LogP contribution in [0, 0.1) is 11.3 Å². The Labute approximate surface area is 184 Å². The van der Waals surface area contributed by atoms with Gasteiger partial charge in [-0.05, 0) is 46.7 Å². The van der Waals surface area contributed by atoms with Crippen molar-refractivity contribution in [3.05, 3.63) is 94.6 Å². The second kappa shape index (κ2) is 9.24. The number of nitriles is 1. The predicted octanol–water partition coefficient (Wildman–Crippen LogP) is 5.22. The zero-order chi connectivity index (χ0) is 21.6. The third kappa shape index (κ3) is 4.47. The van der Waals surface area contributed by atoms with Crippen molar-refractivity contribution in [2.75, 3.05) is 13.7 Å². The fourth-order valence-corrected chi connectivity index (χ4v) is 3.99. The molecule has 0 aliphatic carbocycles. The van der Waals surface area contributed by atoms with Crippen molar-refractivity contribution in [1.29, 1.82) is 5.26 Å². The van der Waals surface area contributed by atoms with Gasteiger partial charge in [0.15, 0.2) is 0 Å². The van der Waals surface area contributed by atoms with Gasteiger partial charge in [0.25, 0.3) is 0 Å². The molecule has 0 N–H and O–H groups in total. The van der Waals surface area contributed by atoms with Crippen LogP contribution in [0.1, 0.15) is 11.1 Å². The van der Waals surface area contributed by atoms with E-state index in [0.29, 0.717) is 12.1 Å². The van der Waals surface area contributed by atoms with Crippen molar-refractivity contribution in [3.8, 4) is 23.1 Å². The summed E-state index contributed by atoms with van der Waals surface area (Å²) in [4.78, 5) is 5.37. The summed E-state index contributed by atoms with van der Waals surface area (Å²) >= 11 is 1.54. The standard InChI is InChI=1S/C25H20N4OS/c1-3-12-27-25-29(28-16-19-6-4-18(15-26)5-7-19)24(17-31-25)22-9-8-21-14-23(30-2)11-10-20(21)13-22/h3-11,13-14,16-17H,1,12H2,2H3. The monoisotopic (exact) mass is 424 g/mol. The van der Waals surface area contributed by atoms with E-state index in [1.165, 1.54) is 11.3 Å². The van der Waals surface area contributed by atoms with Crippen LogP contribution < -0.4 is 9.54 Å². The Morgan fingerprint density at radius 2 is 1.87 bits per heavy atom. The SMILES string of the molecule is C=CCN=c1scc(-c2ccc3cc(OC)ccc3c2)n1N=Cc1ccc(C#N)cc1. The summed E-state index contributed by atoms with van der Waals surface area (Å²) in [5.41, 5.74) is 3.53. The molecule has 5 nitrogen and oxygen atoms in total. The molecule has 0 atom stereocenters. The van der Waals surface area contributed by atoms with Gasteiger partial charge in [-0.3, -0.25) is 4.99 Å². The molecule has 0 aliphatic rings. The van der Waals surface area contributed by atoms with E-state index in [4.69, 9.17) is 15.1 Å². The van der Waals surface area contributed by atoms with Gasteiger partial charge in [-0.15, -0.1) is 17.9 Å². The van der Waals surface area contributed by atoms with Gasteiger partial charge >= 0.3 is 0 Å². The molecule has 0 fully saturated rings. The van der Waals surface area contributed by atoms with Crippen molar-refractivity contribution >= 4 is 28.3 Å². The Bertz CT molecular complexity index is 1370. The lowest BCUT2D eigenvalue weighted by Gasteiger charge is -2.07. The van der Waals surface area contributed by atoms with Gasteiger partial charge in [0.05, 0.1) is 37.2 Å². The Balaban J connectivity index is 1.78. The molecule has 4 rings (SSSR count). The quantitative estimate of drug-likeness (QED) is 0.315. The molecule has 0 spiro atoms. The molecule has 0 amide bonds. The summed E-state index contributed by atoms with van der Waals surface area (Å²) in [5.74, 6) is 0.836. The van der Waals surface area contributed by atoms with Gasteiger partial charge in [-0.25, -0.2) is 4.68 Å². The van der Waals surface area contributed by atoms with E-state index in [-0.39, 0.29) is 0 Å². The second-order valence-corrected chi connectivity index (χ2v) is 7.59. The Hall–Kier alpha value is -3.95. The molecular weight excluding hydrogens is 404 g/mol. The minimum absolute atomic E-state index is 0.518. The van der Waals surface area contributed by atoms with E-state index in [1.54, 1.807) is 31.5 Å². The number of aromatic nitrogens is 1. The lowest BCUT2D eigenvalue weighted by atomic mass is 10.1. The maximum Gasteiger partial charge on any atom is 0.206 e. The Kier molecular flexibility index (Phi) is 6.06. The molecule has 152 valence electrons. The van der Waals surface area contributed by atoms with Crippen LogP contribution in [0.2, 0.25) is 0 Å². The Morgan fingerprint density at radius 3 is 2.61 bits per heavy atom. The van der Waals surface area contributed by atoms with Crippen LogP contribution in [0.4, 0.5) is 0 Å². The van der Waals surface area contributed by atoms with Gasteiger partial charge in [0.1, 0.15) is 5.75 Å². The summed E-state index contributed by atoms with van der Waals surface area (Å²) in [6.07, 6.45) is 3.54. The molecule has 6 heteroatoms. The van der Waals surface area contributed by atoms with Crippen molar-refractivity contribution in [2.45, 2.75) is 0 Å².